The number of rotatable bonds is 8. The van der Waals surface area contributed by atoms with E-state index in [9.17, 15) is 4.79 Å². The molecule has 0 unspecified atom stereocenters. The molecule has 1 N–H and O–H groups in total. The quantitative estimate of drug-likeness (QED) is 0.711. The first-order valence-electron chi connectivity index (χ1n) is 9.63. The van der Waals surface area contributed by atoms with Crippen LogP contribution in [0.1, 0.15) is 47.0 Å². The number of benzene rings is 2. The van der Waals surface area contributed by atoms with Gasteiger partial charge in [-0.2, -0.15) is 0 Å². The fourth-order valence-corrected chi connectivity index (χ4v) is 3.33. The summed E-state index contributed by atoms with van der Waals surface area (Å²) >= 11 is 0. The molecule has 1 amide bonds. The summed E-state index contributed by atoms with van der Waals surface area (Å²) in [6, 6.07) is 11.9. The molecule has 4 nitrogen and oxygen atoms in total. The van der Waals surface area contributed by atoms with Crippen LogP contribution in [0.2, 0.25) is 0 Å². The van der Waals surface area contributed by atoms with Crippen LogP contribution in [0.15, 0.2) is 36.4 Å². The van der Waals surface area contributed by atoms with E-state index in [4.69, 9.17) is 9.47 Å². The minimum atomic E-state index is -0.762. The average molecular weight is 355 g/mol. The lowest BCUT2D eigenvalue weighted by Gasteiger charge is -2.28. The SMILES string of the molecule is CCO[C@@](C)(C(=O)Nc1ccc(O[C@@H](C)CC)c2ccccc12)C1CC1. The molecule has 4 heteroatoms. The molecule has 0 saturated heterocycles. The van der Waals surface area contributed by atoms with Crippen LogP contribution in [-0.2, 0) is 9.53 Å². The zero-order valence-electron chi connectivity index (χ0n) is 16.2. The summed E-state index contributed by atoms with van der Waals surface area (Å²) in [6.45, 7) is 8.54. The Morgan fingerprint density at radius 1 is 1.19 bits per heavy atom. The summed E-state index contributed by atoms with van der Waals surface area (Å²) in [5, 5.41) is 5.10. The summed E-state index contributed by atoms with van der Waals surface area (Å²) < 4.78 is 11.9. The number of ether oxygens (including phenoxy) is 2. The van der Waals surface area contributed by atoms with Crippen LogP contribution in [0.3, 0.4) is 0 Å². The Morgan fingerprint density at radius 3 is 2.50 bits per heavy atom. The highest BCUT2D eigenvalue weighted by molar-refractivity contribution is 6.06. The second-order valence-corrected chi connectivity index (χ2v) is 7.26. The number of hydrogen-bond donors (Lipinski definition) is 1. The van der Waals surface area contributed by atoms with Gasteiger partial charge >= 0.3 is 0 Å². The number of anilines is 1. The highest BCUT2D eigenvalue weighted by Gasteiger charge is 2.48. The Hall–Kier alpha value is -2.07. The third-order valence-electron chi connectivity index (χ3n) is 5.29. The van der Waals surface area contributed by atoms with Crippen LogP contribution in [-0.4, -0.2) is 24.2 Å². The number of amides is 1. The van der Waals surface area contributed by atoms with Gasteiger partial charge in [-0.05, 0) is 58.1 Å². The Morgan fingerprint density at radius 2 is 1.88 bits per heavy atom. The van der Waals surface area contributed by atoms with Gasteiger partial charge in [0.05, 0.1) is 6.10 Å². The van der Waals surface area contributed by atoms with Crippen LogP contribution >= 0.6 is 0 Å². The maximum Gasteiger partial charge on any atom is 0.256 e. The number of carbonyl (C=O) groups is 1. The summed E-state index contributed by atoms with van der Waals surface area (Å²) in [7, 11) is 0. The van der Waals surface area contributed by atoms with E-state index in [2.05, 4.69) is 19.2 Å². The molecule has 2 aromatic carbocycles. The molecule has 140 valence electrons. The molecule has 1 aliphatic carbocycles. The van der Waals surface area contributed by atoms with Crippen LogP contribution in [0.4, 0.5) is 5.69 Å². The molecular weight excluding hydrogens is 326 g/mol. The minimum Gasteiger partial charge on any atom is -0.490 e. The van der Waals surface area contributed by atoms with Crippen molar-refractivity contribution in [3.05, 3.63) is 36.4 Å². The molecule has 2 aromatic rings. The van der Waals surface area contributed by atoms with Crippen molar-refractivity contribution in [2.24, 2.45) is 5.92 Å². The van der Waals surface area contributed by atoms with Gasteiger partial charge in [-0.25, -0.2) is 0 Å². The second kappa shape index (κ2) is 7.67. The van der Waals surface area contributed by atoms with Crippen LogP contribution in [0.5, 0.6) is 5.75 Å². The molecule has 0 radical (unpaired) electrons. The van der Waals surface area contributed by atoms with E-state index in [0.29, 0.717) is 12.5 Å². The van der Waals surface area contributed by atoms with Gasteiger partial charge in [0.2, 0.25) is 0 Å². The lowest BCUT2D eigenvalue weighted by Crippen LogP contribution is -2.44. The van der Waals surface area contributed by atoms with Crippen molar-refractivity contribution in [2.45, 2.75) is 58.7 Å². The van der Waals surface area contributed by atoms with Gasteiger partial charge < -0.3 is 14.8 Å². The summed E-state index contributed by atoms with van der Waals surface area (Å²) in [5.41, 5.74) is 0.0376. The van der Waals surface area contributed by atoms with E-state index in [1.165, 1.54) is 0 Å². The third kappa shape index (κ3) is 3.70. The Bertz CT molecular complexity index is 784. The number of carbonyl (C=O) groups excluding carboxylic acids is 1. The van der Waals surface area contributed by atoms with Crippen molar-refractivity contribution in [1.82, 2.24) is 0 Å². The smallest absolute Gasteiger partial charge is 0.256 e. The first-order chi connectivity index (χ1) is 12.5. The van der Waals surface area contributed by atoms with E-state index < -0.39 is 5.60 Å². The highest BCUT2D eigenvalue weighted by atomic mass is 16.5. The normalized spacial score (nSPS) is 17.5. The van der Waals surface area contributed by atoms with Crippen molar-refractivity contribution in [3.8, 4) is 5.75 Å². The van der Waals surface area contributed by atoms with Gasteiger partial charge in [-0.15, -0.1) is 0 Å². The minimum absolute atomic E-state index is 0.0670. The average Bonchev–Trinajstić information content (AvgIpc) is 3.49. The number of nitrogens with one attached hydrogen (secondary N) is 1. The van der Waals surface area contributed by atoms with E-state index in [0.717, 1.165) is 41.5 Å². The molecule has 0 aliphatic heterocycles. The van der Waals surface area contributed by atoms with Crippen molar-refractivity contribution in [3.63, 3.8) is 0 Å². The molecule has 1 fully saturated rings. The summed E-state index contributed by atoms with van der Waals surface area (Å²) in [4.78, 5) is 13.0. The fourth-order valence-electron chi connectivity index (χ4n) is 3.33. The van der Waals surface area contributed by atoms with Crippen LogP contribution < -0.4 is 10.1 Å². The first-order valence-corrected chi connectivity index (χ1v) is 9.63. The van der Waals surface area contributed by atoms with Gasteiger partial charge in [0.1, 0.15) is 11.4 Å². The van der Waals surface area contributed by atoms with Gasteiger partial charge in [-0.1, -0.05) is 31.2 Å². The zero-order chi connectivity index (χ0) is 18.7. The molecule has 0 spiro atoms. The monoisotopic (exact) mass is 355 g/mol. The molecule has 3 rings (SSSR count). The first kappa shape index (κ1) is 18.7. The number of fused-ring (bicyclic) bond motifs is 1. The van der Waals surface area contributed by atoms with E-state index in [-0.39, 0.29) is 12.0 Å². The predicted octanol–water partition coefficient (Wildman–Crippen LogP) is 5.16. The Labute approximate surface area is 155 Å². The highest BCUT2D eigenvalue weighted by Crippen LogP contribution is 2.43. The van der Waals surface area contributed by atoms with Gasteiger partial charge in [0, 0.05) is 23.1 Å². The largest absolute Gasteiger partial charge is 0.490 e. The van der Waals surface area contributed by atoms with E-state index in [1.54, 1.807) is 0 Å². The lowest BCUT2D eigenvalue weighted by molar-refractivity contribution is -0.141. The van der Waals surface area contributed by atoms with Crippen molar-refractivity contribution < 1.29 is 14.3 Å². The summed E-state index contributed by atoms with van der Waals surface area (Å²) in [6.07, 6.45) is 3.19. The van der Waals surface area contributed by atoms with Crippen molar-refractivity contribution >= 4 is 22.4 Å². The predicted molar refractivity (Wildman–Crippen MR) is 106 cm³/mol. The lowest BCUT2D eigenvalue weighted by atomic mass is 9.98. The maximum absolute atomic E-state index is 13.0. The maximum atomic E-state index is 13.0. The molecule has 1 saturated carbocycles. The van der Waals surface area contributed by atoms with Crippen LogP contribution in [0.25, 0.3) is 10.8 Å². The molecule has 0 heterocycles. The van der Waals surface area contributed by atoms with Gasteiger partial charge in [0.25, 0.3) is 5.91 Å². The van der Waals surface area contributed by atoms with Gasteiger partial charge in [0.15, 0.2) is 0 Å². The molecule has 26 heavy (non-hydrogen) atoms. The summed E-state index contributed by atoms with van der Waals surface area (Å²) in [5.74, 6) is 1.09. The Kier molecular flexibility index (Phi) is 5.52. The number of hydrogen-bond acceptors (Lipinski definition) is 3. The fraction of sp³-hybridized carbons (Fsp3) is 0.500. The standard InChI is InChI=1S/C22H29NO3/c1-5-15(3)26-20-14-13-19(17-9-7-8-10-18(17)20)23-21(24)22(4,25-6-2)16-11-12-16/h7-10,13-16H,5-6,11-12H2,1-4H3,(H,23,24)/t15-,22+/m0/s1. The molecular formula is C22H29NO3. The van der Waals surface area contributed by atoms with Crippen molar-refractivity contribution in [2.75, 3.05) is 11.9 Å². The van der Waals surface area contributed by atoms with Gasteiger partial charge in [-0.3, -0.25) is 4.79 Å². The van der Waals surface area contributed by atoms with Crippen LogP contribution in [0, 0.1) is 5.92 Å². The van der Waals surface area contributed by atoms with E-state index in [1.807, 2.05) is 50.2 Å². The topological polar surface area (TPSA) is 47.6 Å². The second-order valence-electron chi connectivity index (χ2n) is 7.26. The molecule has 0 aromatic heterocycles. The van der Waals surface area contributed by atoms with E-state index >= 15 is 0 Å². The van der Waals surface area contributed by atoms with Crippen molar-refractivity contribution in [1.29, 1.82) is 0 Å². The molecule has 0 bridgehead atoms. The molecule has 2 atom stereocenters. The Balaban J connectivity index is 1.91. The molecule has 1 aliphatic rings. The zero-order valence-corrected chi connectivity index (χ0v) is 16.2. The third-order valence-corrected chi connectivity index (χ3v) is 5.29.